The van der Waals surface area contributed by atoms with Gasteiger partial charge in [-0.1, -0.05) is 0 Å². The van der Waals surface area contributed by atoms with Crippen molar-refractivity contribution < 1.29 is 23.7 Å². The first kappa shape index (κ1) is 18.0. The van der Waals surface area contributed by atoms with Crippen LogP contribution in [0.25, 0.3) is 11.3 Å². The number of carbonyl (C=O) groups is 1. The number of ether oxygens (including phenoxy) is 4. The van der Waals surface area contributed by atoms with Crippen molar-refractivity contribution in [3.63, 3.8) is 0 Å². The summed E-state index contributed by atoms with van der Waals surface area (Å²) in [6.45, 7) is 1.85. The highest BCUT2D eigenvalue weighted by Gasteiger charge is 2.26. The molecular formula is C17H19N3O5. The molecule has 0 unspecified atom stereocenters. The number of hydrogen-bond acceptors (Lipinski definition) is 7. The summed E-state index contributed by atoms with van der Waals surface area (Å²) >= 11 is 0. The van der Waals surface area contributed by atoms with Gasteiger partial charge in [-0.05, 0) is 19.1 Å². The third-order valence-electron chi connectivity index (χ3n) is 3.57. The lowest BCUT2D eigenvalue weighted by atomic mass is 10.0. The Bertz CT molecular complexity index is 811. The molecule has 0 saturated carbocycles. The average molecular weight is 345 g/mol. The minimum atomic E-state index is -0.643. The van der Waals surface area contributed by atoms with Gasteiger partial charge in [-0.3, -0.25) is 0 Å². The van der Waals surface area contributed by atoms with Gasteiger partial charge in [-0.15, -0.1) is 0 Å². The van der Waals surface area contributed by atoms with Crippen molar-refractivity contribution in [2.45, 2.75) is 6.92 Å². The number of anilines is 1. The van der Waals surface area contributed by atoms with Gasteiger partial charge in [-0.2, -0.15) is 5.26 Å². The third-order valence-corrected chi connectivity index (χ3v) is 3.57. The van der Waals surface area contributed by atoms with Gasteiger partial charge in [0, 0.05) is 5.56 Å². The number of esters is 1. The number of carbonyl (C=O) groups excluding carboxylic acids is 1. The summed E-state index contributed by atoms with van der Waals surface area (Å²) in [5.74, 6) is 0.646. The quantitative estimate of drug-likeness (QED) is 0.771. The Hall–Kier alpha value is -3.34. The second kappa shape index (κ2) is 7.49. The second-order valence-corrected chi connectivity index (χ2v) is 4.91. The van der Waals surface area contributed by atoms with E-state index in [1.807, 2.05) is 6.07 Å². The lowest BCUT2D eigenvalue weighted by molar-refractivity contribution is 0.0527. The fourth-order valence-electron chi connectivity index (χ4n) is 2.48. The Labute approximate surface area is 145 Å². The molecule has 8 nitrogen and oxygen atoms in total. The van der Waals surface area contributed by atoms with Crippen LogP contribution in [0.3, 0.4) is 0 Å². The maximum Gasteiger partial charge on any atom is 0.341 e. The van der Waals surface area contributed by atoms with E-state index in [0.29, 0.717) is 28.5 Å². The molecule has 132 valence electrons. The first-order valence-electron chi connectivity index (χ1n) is 7.41. The number of nitriles is 1. The molecule has 25 heavy (non-hydrogen) atoms. The summed E-state index contributed by atoms with van der Waals surface area (Å²) in [5.41, 5.74) is 6.82. The predicted molar refractivity (Wildman–Crippen MR) is 91.0 cm³/mol. The van der Waals surface area contributed by atoms with Crippen molar-refractivity contribution in [2.75, 3.05) is 33.7 Å². The minimum Gasteiger partial charge on any atom is -0.493 e. The number of benzene rings is 1. The van der Waals surface area contributed by atoms with Crippen LogP contribution in [-0.2, 0) is 4.74 Å². The fraction of sp³-hybridized carbons (Fsp3) is 0.294. The molecule has 0 aliphatic carbocycles. The van der Waals surface area contributed by atoms with Crippen LogP contribution in [0.5, 0.6) is 17.2 Å². The molecule has 2 aromatic rings. The molecule has 1 aromatic carbocycles. The first-order valence-corrected chi connectivity index (χ1v) is 7.41. The molecule has 0 aliphatic heterocycles. The van der Waals surface area contributed by atoms with Crippen LogP contribution < -0.4 is 19.9 Å². The third kappa shape index (κ3) is 3.17. The van der Waals surface area contributed by atoms with Crippen molar-refractivity contribution in [2.24, 2.45) is 0 Å². The van der Waals surface area contributed by atoms with Gasteiger partial charge in [0.15, 0.2) is 11.5 Å². The average Bonchev–Trinajstić information content (AvgIpc) is 2.96. The Morgan fingerprint density at radius 2 is 1.80 bits per heavy atom. The number of methoxy groups -OCH3 is 3. The van der Waals surface area contributed by atoms with E-state index in [1.165, 1.54) is 21.3 Å². The van der Waals surface area contributed by atoms with Gasteiger partial charge in [0.2, 0.25) is 5.75 Å². The normalized spacial score (nSPS) is 10.0. The molecule has 0 fully saturated rings. The highest BCUT2D eigenvalue weighted by atomic mass is 16.5. The molecule has 0 radical (unpaired) electrons. The molecule has 0 atom stereocenters. The molecule has 0 bridgehead atoms. The minimum absolute atomic E-state index is 0.0298. The van der Waals surface area contributed by atoms with Crippen LogP contribution in [0, 0.1) is 11.3 Å². The summed E-state index contributed by atoms with van der Waals surface area (Å²) < 4.78 is 21.0. The Balaban J connectivity index is 2.74. The van der Waals surface area contributed by atoms with E-state index in [4.69, 9.17) is 24.7 Å². The van der Waals surface area contributed by atoms with Gasteiger partial charge >= 0.3 is 5.97 Å². The Morgan fingerprint density at radius 3 is 2.24 bits per heavy atom. The van der Waals surface area contributed by atoms with Gasteiger partial charge < -0.3 is 29.7 Å². The molecular weight excluding hydrogens is 326 g/mol. The lowest BCUT2D eigenvalue weighted by Crippen LogP contribution is -2.07. The van der Waals surface area contributed by atoms with Crippen LogP contribution in [0.1, 0.15) is 22.8 Å². The van der Waals surface area contributed by atoms with E-state index in [-0.39, 0.29) is 23.6 Å². The van der Waals surface area contributed by atoms with E-state index in [9.17, 15) is 10.1 Å². The zero-order valence-corrected chi connectivity index (χ0v) is 14.4. The SMILES string of the molecule is CCOC(=O)c1c(-c2cc(OC)c(OC)c(OC)c2)[nH]c(N)c1C#N. The Kier molecular flexibility index (Phi) is 5.39. The van der Waals surface area contributed by atoms with Crippen LogP contribution in [0.15, 0.2) is 12.1 Å². The molecule has 1 heterocycles. The van der Waals surface area contributed by atoms with Gasteiger partial charge in [0.25, 0.3) is 0 Å². The number of rotatable bonds is 6. The number of nitrogen functional groups attached to an aromatic ring is 1. The van der Waals surface area contributed by atoms with Crippen molar-refractivity contribution in [3.8, 4) is 34.6 Å². The number of aromatic amines is 1. The number of aromatic nitrogens is 1. The highest BCUT2D eigenvalue weighted by molar-refractivity contribution is 6.01. The summed E-state index contributed by atoms with van der Waals surface area (Å²) in [4.78, 5) is 15.2. The monoisotopic (exact) mass is 345 g/mol. The summed E-state index contributed by atoms with van der Waals surface area (Å²) in [6.07, 6.45) is 0. The Morgan fingerprint density at radius 1 is 1.20 bits per heavy atom. The van der Waals surface area contributed by atoms with E-state index in [0.717, 1.165) is 0 Å². The maximum atomic E-state index is 12.3. The van der Waals surface area contributed by atoms with E-state index in [1.54, 1.807) is 19.1 Å². The standard InChI is InChI=1S/C17H19N3O5/c1-5-25-17(21)13-10(8-18)16(19)20-14(13)9-6-11(22-2)15(24-4)12(7-9)23-3/h6-7,20H,5,19H2,1-4H3. The van der Waals surface area contributed by atoms with Crippen molar-refractivity contribution in [1.29, 1.82) is 5.26 Å². The second-order valence-electron chi connectivity index (χ2n) is 4.91. The van der Waals surface area contributed by atoms with Crippen molar-refractivity contribution >= 4 is 11.8 Å². The number of nitrogens with zero attached hydrogens (tertiary/aromatic N) is 1. The molecule has 0 spiro atoms. The van der Waals surface area contributed by atoms with Gasteiger partial charge in [0.1, 0.15) is 23.0 Å². The molecule has 1 aromatic heterocycles. The molecule has 8 heteroatoms. The van der Waals surface area contributed by atoms with Crippen LogP contribution in [0.4, 0.5) is 5.82 Å². The zero-order valence-electron chi connectivity index (χ0n) is 14.4. The molecule has 0 saturated heterocycles. The van der Waals surface area contributed by atoms with E-state index < -0.39 is 5.97 Å². The summed E-state index contributed by atoms with van der Waals surface area (Å²) in [6, 6.07) is 5.23. The number of hydrogen-bond donors (Lipinski definition) is 2. The number of nitrogens with one attached hydrogen (secondary N) is 1. The summed E-state index contributed by atoms with van der Waals surface area (Å²) in [7, 11) is 4.46. The van der Waals surface area contributed by atoms with Crippen molar-refractivity contribution in [3.05, 3.63) is 23.3 Å². The van der Waals surface area contributed by atoms with Gasteiger partial charge in [-0.25, -0.2) is 4.79 Å². The highest BCUT2D eigenvalue weighted by Crippen LogP contribution is 2.42. The largest absolute Gasteiger partial charge is 0.493 e. The lowest BCUT2D eigenvalue weighted by Gasteiger charge is -2.14. The number of H-pyrrole nitrogens is 1. The zero-order chi connectivity index (χ0) is 18.6. The van der Waals surface area contributed by atoms with Gasteiger partial charge in [0.05, 0.1) is 33.6 Å². The van der Waals surface area contributed by atoms with Crippen LogP contribution in [0.2, 0.25) is 0 Å². The molecule has 2 rings (SSSR count). The fourth-order valence-corrected chi connectivity index (χ4v) is 2.48. The summed E-state index contributed by atoms with van der Waals surface area (Å²) in [5, 5.41) is 9.33. The first-order chi connectivity index (χ1) is 12.0. The molecule has 0 amide bonds. The van der Waals surface area contributed by atoms with E-state index in [2.05, 4.69) is 4.98 Å². The van der Waals surface area contributed by atoms with Crippen molar-refractivity contribution in [1.82, 2.24) is 4.98 Å². The van der Waals surface area contributed by atoms with Crippen LogP contribution in [-0.4, -0.2) is 38.9 Å². The molecule has 3 N–H and O–H groups in total. The van der Waals surface area contributed by atoms with Crippen LogP contribution >= 0.6 is 0 Å². The number of nitrogens with two attached hydrogens (primary N) is 1. The maximum absolute atomic E-state index is 12.3. The topological polar surface area (TPSA) is 120 Å². The molecule has 0 aliphatic rings. The van der Waals surface area contributed by atoms with E-state index >= 15 is 0 Å². The predicted octanol–water partition coefficient (Wildman–Crippen LogP) is 2.34. The smallest absolute Gasteiger partial charge is 0.341 e.